The fourth-order valence-corrected chi connectivity index (χ4v) is 5.57. The molecule has 0 bridgehead atoms. The summed E-state index contributed by atoms with van der Waals surface area (Å²) in [4.78, 5) is 19.6. The van der Waals surface area contributed by atoms with Gasteiger partial charge >= 0.3 is 0 Å². The first-order valence-electron chi connectivity index (χ1n) is 10.7. The van der Waals surface area contributed by atoms with E-state index in [0.717, 1.165) is 13.1 Å². The molecule has 0 atom stereocenters. The number of nitrogens with zero attached hydrogens (tertiary/aromatic N) is 2. The van der Waals surface area contributed by atoms with E-state index in [2.05, 4.69) is 32.9 Å². The summed E-state index contributed by atoms with van der Waals surface area (Å²) in [5.41, 5.74) is 3.54. The van der Waals surface area contributed by atoms with Crippen molar-refractivity contribution in [3.63, 3.8) is 0 Å². The van der Waals surface area contributed by atoms with Crippen LogP contribution >= 0.6 is 0 Å². The molecule has 27 heavy (non-hydrogen) atoms. The first-order chi connectivity index (χ1) is 12.7. The van der Waals surface area contributed by atoms with Crippen molar-refractivity contribution in [3.8, 4) is 0 Å². The van der Waals surface area contributed by atoms with Gasteiger partial charge in [-0.15, -0.1) is 0 Å². The predicted octanol–water partition coefficient (Wildman–Crippen LogP) is 4.16. The van der Waals surface area contributed by atoms with E-state index in [0.29, 0.717) is 30.1 Å². The molecular formula is C23H34N2O2. The van der Waals surface area contributed by atoms with Crippen molar-refractivity contribution < 1.29 is 9.90 Å². The number of pyridine rings is 1. The predicted molar refractivity (Wildman–Crippen MR) is 107 cm³/mol. The number of carbonyl (C=O) groups excluding carboxylic acids is 1. The van der Waals surface area contributed by atoms with Crippen LogP contribution in [0.25, 0.3) is 0 Å². The molecule has 148 valence electrons. The number of amides is 1. The van der Waals surface area contributed by atoms with E-state index < -0.39 is 5.60 Å². The van der Waals surface area contributed by atoms with Crippen LogP contribution in [0, 0.1) is 18.3 Å². The monoisotopic (exact) mass is 370 g/mol. The summed E-state index contributed by atoms with van der Waals surface area (Å²) in [5, 5.41) is 9.88. The highest BCUT2D eigenvalue weighted by Crippen LogP contribution is 2.49. The Kier molecular flexibility index (Phi) is 4.61. The van der Waals surface area contributed by atoms with Gasteiger partial charge in [-0.2, -0.15) is 0 Å². The zero-order valence-electron chi connectivity index (χ0n) is 17.3. The van der Waals surface area contributed by atoms with Crippen molar-refractivity contribution in [2.45, 2.75) is 83.7 Å². The number of aromatic nitrogens is 1. The van der Waals surface area contributed by atoms with Gasteiger partial charge in [0.05, 0.1) is 5.60 Å². The first-order valence-corrected chi connectivity index (χ1v) is 10.7. The van der Waals surface area contributed by atoms with Crippen molar-refractivity contribution in [1.29, 1.82) is 0 Å². The fourth-order valence-electron chi connectivity index (χ4n) is 5.57. The second-order valence-corrected chi connectivity index (χ2v) is 10.2. The van der Waals surface area contributed by atoms with E-state index >= 15 is 0 Å². The molecule has 4 rings (SSSR count). The Morgan fingerprint density at radius 3 is 2.41 bits per heavy atom. The summed E-state index contributed by atoms with van der Waals surface area (Å²) in [6.45, 7) is 10.3. The van der Waals surface area contributed by atoms with Gasteiger partial charge in [-0.05, 0) is 69.9 Å². The molecule has 2 aliphatic carbocycles. The average molecular weight is 371 g/mol. The molecule has 0 radical (unpaired) electrons. The standard InChI is InChI=1S/C23H34N2O2/c1-15(2)20-16(3)5-6-19(24-20)17-7-9-23(10-8-17)13-25(14-23)21(26)18-11-22(4,27)12-18/h5-6,15,17-18,27H,7-14H2,1-4H3/t18-,22+. The summed E-state index contributed by atoms with van der Waals surface area (Å²) >= 11 is 0. The molecule has 4 heteroatoms. The molecule has 1 spiro atoms. The minimum absolute atomic E-state index is 0.0555. The quantitative estimate of drug-likeness (QED) is 0.869. The normalized spacial score (nSPS) is 30.3. The Balaban J connectivity index is 1.31. The molecule has 1 saturated heterocycles. The number of carbonyl (C=O) groups is 1. The van der Waals surface area contributed by atoms with Crippen LogP contribution in [0.1, 0.15) is 88.1 Å². The lowest BCUT2D eigenvalue weighted by Crippen LogP contribution is -2.62. The molecule has 0 unspecified atom stereocenters. The Labute approximate surface area is 163 Å². The molecule has 3 aliphatic rings. The Bertz CT molecular complexity index is 716. The molecule has 2 heterocycles. The van der Waals surface area contributed by atoms with Crippen LogP contribution in [0.5, 0.6) is 0 Å². The van der Waals surface area contributed by atoms with Crippen LogP contribution in [0.15, 0.2) is 12.1 Å². The van der Waals surface area contributed by atoms with E-state index in [-0.39, 0.29) is 11.8 Å². The SMILES string of the molecule is Cc1ccc(C2CCC3(CC2)CN(C(=O)[C@H]2C[C@@](C)(O)C2)C3)nc1C(C)C. The maximum Gasteiger partial charge on any atom is 0.225 e. The smallest absolute Gasteiger partial charge is 0.225 e. The Morgan fingerprint density at radius 2 is 1.85 bits per heavy atom. The van der Waals surface area contributed by atoms with Gasteiger partial charge in [0.1, 0.15) is 0 Å². The lowest BCUT2D eigenvalue weighted by Gasteiger charge is -2.55. The van der Waals surface area contributed by atoms with Gasteiger partial charge in [0.15, 0.2) is 0 Å². The number of aryl methyl sites for hydroxylation is 1. The molecule has 1 aromatic rings. The number of hydrogen-bond acceptors (Lipinski definition) is 3. The van der Waals surface area contributed by atoms with Crippen molar-refractivity contribution >= 4 is 5.91 Å². The van der Waals surface area contributed by atoms with E-state index in [1.54, 1.807) is 0 Å². The van der Waals surface area contributed by atoms with Crippen LogP contribution in [0.3, 0.4) is 0 Å². The average Bonchev–Trinajstić information content (AvgIpc) is 2.57. The minimum atomic E-state index is -0.614. The summed E-state index contributed by atoms with van der Waals surface area (Å²) in [5.74, 6) is 1.37. The summed E-state index contributed by atoms with van der Waals surface area (Å²) < 4.78 is 0. The molecule has 0 aromatic carbocycles. The van der Waals surface area contributed by atoms with Crippen molar-refractivity contribution in [3.05, 3.63) is 29.1 Å². The minimum Gasteiger partial charge on any atom is -0.390 e. The zero-order valence-corrected chi connectivity index (χ0v) is 17.3. The van der Waals surface area contributed by atoms with Gasteiger partial charge in [0.25, 0.3) is 0 Å². The van der Waals surface area contributed by atoms with Crippen LogP contribution < -0.4 is 0 Å². The van der Waals surface area contributed by atoms with E-state index in [9.17, 15) is 9.90 Å². The second kappa shape index (κ2) is 6.58. The highest BCUT2D eigenvalue weighted by Gasteiger charge is 2.51. The summed E-state index contributed by atoms with van der Waals surface area (Å²) in [7, 11) is 0. The second-order valence-electron chi connectivity index (χ2n) is 10.2. The lowest BCUT2D eigenvalue weighted by molar-refractivity contribution is -0.163. The largest absolute Gasteiger partial charge is 0.390 e. The maximum atomic E-state index is 12.5. The third kappa shape index (κ3) is 3.53. The number of rotatable bonds is 3. The molecule has 3 fully saturated rings. The third-order valence-electron chi connectivity index (χ3n) is 7.25. The van der Waals surface area contributed by atoms with Crippen LogP contribution in [-0.2, 0) is 4.79 Å². The van der Waals surface area contributed by atoms with E-state index in [4.69, 9.17) is 4.98 Å². The fraction of sp³-hybridized carbons (Fsp3) is 0.739. The van der Waals surface area contributed by atoms with E-state index in [1.165, 1.54) is 42.6 Å². The molecule has 1 aromatic heterocycles. The Morgan fingerprint density at radius 1 is 1.22 bits per heavy atom. The zero-order chi connectivity index (χ0) is 19.4. The summed E-state index contributed by atoms with van der Waals surface area (Å²) in [6, 6.07) is 4.46. The molecular weight excluding hydrogens is 336 g/mol. The van der Waals surface area contributed by atoms with Crippen molar-refractivity contribution in [1.82, 2.24) is 9.88 Å². The highest BCUT2D eigenvalue weighted by molar-refractivity contribution is 5.81. The molecule has 4 nitrogen and oxygen atoms in total. The Hall–Kier alpha value is -1.42. The van der Waals surface area contributed by atoms with Crippen molar-refractivity contribution in [2.24, 2.45) is 11.3 Å². The van der Waals surface area contributed by atoms with Gasteiger partial charge in [-0.1, -0.05) is 19.9 Å². The maximum absolute atomic E-state index is 12.5. The lowest BCUT2D eigenvalue weighted by atomic mass is 9.64. The molecule has 1 amide bonds. The third-order valence-corrected chi connectivity index (χ3v) is 7.25. The summed E-state index contributed by atoms with van der Waals surface area (Å²) in [6.07, 6.45) is 6.05. The van der Waals surface area contributed by atoms with Gasteiger partial charge in [-0.3, -0.25) is 9.78 Å². The molecule has 1 aliphatic heterocycles. The topological polar surface area (TPSA) is 53.4 Å². The number of likely N-dealkylation sites (tertiary alicyclic amines) is 1. The number of hydrogen-bond donors (Lipinski definition) is 1. The van der Waals surface area contributed by atoms with Gasteiger partial charge < -0.3 is 10.0 Å². The van der Waals surface area contributed by atoms with E-state index in [1.807, 2.05) is 11.8 Å². The van der Waals surface area contributed by atoms with Crippen LogP contribution in [0.2, 0.25) is 0 Å². The number of aliphatic hydroxyl groups is 1. The van der Waals surface area contributed by atoms with Crippen LogP contribution in [-0.4, -0.2) is 39.6 Å². The first kappa shape index (κ1) is 18.9. The van der Waals surface area contributed by atoms with Crippen LogP contribution in [0.4, 0.5) is 0 Å². The van der Waals surface area contributed by atoms with Gasteiger partial charge in [-0.25, -0.2) is 0 Å². The van der Waals surface area contributed by atoms with Gasteiger partial charge in [0.2, 0.25) is 5.91 Å². The van der Waals surface area contributed by atoms with Gasteiger partial charge in [0, 0.05) is 41.7 Å². The van der Waals surface area contributed by atoms with Crippen molar-refractivity contribution in [2.75, 3.05) is 13.1 Å². The molecule has 1 N–H and O–H groups in total. The molecule has 2 saturated carbocycles. The highest BCUT2D eigenvalue weighted by atomic mass is 16.3.